The van der Waals surface area contributed by atoms with Gasteiger partial charge in [0.25, 0.3) is 0 Å². The second kappa shape index (κ2) is 5.80. The van der Waals surface area contributed by atoms with Crippen molar-refractivity contribution in [2.45, 2.75) is 11.8 Å². The number of rotatable bonds is 3. The summed E-state index contributed by atoms with van der Waals surface area (Å²) >= 11 is 0. The van der Waals surface area contributed by atoms with Gasteiger partial charge in [0.05, 0.1) is 12.0 Å². The average Bonchev–Trinajstić information content (AvgIpc) is 2.47. The number of sulfonamides is 1. The Labute approximate surface area is 119 Å². The highest BCUT2D eigenvalue weighted by molar-refractivity contribution is 7.89. The highest BCUT2D eigenvalue weighted by Gasteiger charge is 2.29. The maximum atomic E-state index is 12.4. The topological polar surface area (TPSA) is 66.9 Å². The highest BCUT2D eigenvalue weighted by atomic mass is 32.2. The van der Waals surface area contributed by atoms with Gasteiger partial charge in [0, 0.05) is 33.1 Å². The van der Waals surface area contributed by atoms with Crippen LogP contribution in [0, 0.1) is 0 Å². The molecule has 1 aliphatic heterocycles. The van der Waals surface area contributed by atoms with Crippen molar-refractivity contribution in [3.63, 3.8) is 0 Å². The van der Waals surface area contributed by atoms with Crippen molar-refractivity contribution >= 4 is 15.9 Å². The van der Waals surface area contributed by atoms with E-state index >= 15 is 0 Å². The van der Waals surface area contributed by atoms with Crippen molar-refractivity contribution in [3.8, 4) is 5.75 Å². The van der Waals surface area contributed by atoms with Crippen molar-refractivity contribution < 1.29 is 17.9 Å². The number of piperazine rings is 1. The Kier molecular flexibility index (Phi) is 4.29. The van der Waals surface area contributed by atoms with E-state index in [1.54, 1.807) is 17.0 Å². The summed E-state index contributed by atoms with van der Waals surface area (Å²) in [5.41, 5.74) is 0. The first kappa shape index (κ1) is 14.8. The van der Waals surface area contributed by atoms with Crippen LogP contribution < -0.4 is 4.74 Å². The van der Waals surface area contributed by atoms with Crippen molar-refractivity contribution in [2.24, 2.45) is 0 Å². The molecule has 1 fully saturated rings. The minimum absolute atomic E-state index is 0.0218. The molecule has 110 valence electrons. The van der Waals surface area contributed by atoms with Gasteiger partial charge in [-0.25, -0.2) is 8.42 Å². The molecule has 20 heavy (non-hydrogen) atoms. The number of methoxy groups -OCH3 is 1. The SMILES string of the molecule is COc1ccc(S(=O)(=O)N2CCN(C(C)=O)CC2)cc1. The van der Waals surface area contributed by atoms with Gasteiger partial charge in [0.15, 0.2) is 0 Å². The van der Waals surface area contributed by atoms with E-state index in [1.165, 1.54) is 30.5 Å². The van der Waals surface area contributed by atoms with Gasteiger partial charge >= 0.3 is 0 Å². The van der Waals surface area contributed by atoms with E-state index in [0.717, 1.165) is 0 Å². The third-order valence-electron chi connectivity index (χ3n) is 3.38. The maximum Gasteiger partial charge on any atom is 0.243 e. The monoisotopic (exact) mass is 298 g/mol. The molecule has 1 heterocycles. The summed E-state index contributed by atoms with van der Waals surface area (Å²) in [5.74, 6) is 0.594. The molecule has 0 unspecified atom stereocenters. The molecule has 1 aromatic rings. The molecule has 0 bridgehead atoms. The number of carbonyl (C=O) groups excluding carboxylic acids is 1. The van der Waals surface area contributed by atoms with Crippen LogP contribution in [0.3, 0.4) is 0 Å². The maximum absolute atomic E-state index is 12.4. The average molecular weight is 298 g/mol. The highest BCUT2D eigenvalue weighted by Crippen LogP contribution is 2.20. The fourth-order valence-electron chi connectivity index (χ4n) is 2.14. The zero-order chi connectivity index (χ0) is 14.8. The van der Waals surface area contributed by atoms with E-state index in [2.05, 4.69) is 0 Å². The quantitative estimate of drug-likeness (QED) is 0.817. The van der Waals surface area contributed by atoms with E-state index in [4.69, 9.17) is 4.74 Å². The fourth-order valence-corrected chi connectivity index (χ4v) is 3.56. The first-order chi connectivity index (χ1) is 9.45. The summed E-state index contributed by atoms with van der Waals surface area (Å²) in [7, 11) is -1.96. The largest absolute Gasteiger partial charge is 0.497 e. The van der Waals surface area contributed by atoms with E-state index in [9.17, 15) is 13.2 Å². The second-order valence-electron chi connectivity index (χ2n) is 4.59. The molecule has 0 aromatic heterocycles. The molecule has 0 N–H and O–H groups in total. The Morgan fingerprint density at radius 2 is 1.65 bits per heavy atom. The summed E-state index contributed by atoms with van der Waals surface area (Å²) < 4.78 is 31.3. The molecule has 2 rings (SSSR count). The minimum atomic E-state index is -3.50. The minimum Gasteiger partial charge on any atom is -0.497 e. The van der Waals surface area contributed by atoms with Gasteiger partial charge in [-0.3, -0.25) is 4.79 Å². The number of amides is 1. The molecule has 1 saturated heterocycles. The lowest BCUT2D eigenvalue weighted by Crippen LogP contribution is -2.49. The number of carbonyl (C=O) groups is 1. The van der Waals surface area contributed by atoms with Crippen LogP contribution >= 0.6 is 0 Å². The Morgan fingerprint density at radius 3 is 2.10 bits per heavy atom. The van der Waals surface area contributed by atoms with Gasteiger partial charge in [0.2, 0.25) is 15.9 Å². The van der Waals surface area contributed by atoms with Gasteiger partial charge in [-0.05, 0) is 24.3 Å². The van der Waals surface area contributed by atoms with Gasteiger partial charge in [-0.15, -0.1) is 0 Å². The summed E-state index contributed by atoms with van der Waals surface area (Å²) in [5, 5.41) is 0. The zero-order valence-electron chi connectivity index (χ0n) is 11.6. The summed E-state index contributed by atoms with van der Waals surface area (Å²) in [6.45, 7) is 3.02. The summed E-state index contributed by atoms with van der Waals surface area (Å²) in [6.07, 6.45) is 0. The van der Waals surface area contributed by atoms with Gasteiger partial charge < -0.3 is 9.64 Å². The van der Waals surface area contributed by atoms with E-state index < -0.39 is 10.0 Å². The lowest BCUT2D eigenvalue weighted by atomic mass is 10.3. The number of hydrogen-bond acceptors (Lipinski definition) is 4. The zero-order valence-corrected chi connectivity index (χ0v) is 12.4. The standard InChI is InChI=1S/C13H18N2O4S/c1-11(16)14-7-9-15(10-8-14)20(17,18)13-5-3-12(19-2)4-6-13/h3-6H,7-10H2,1-2H3. The van der Waals surface area contributed by atoms with Gasteiger partial charge in [0.1, 0.15) is 5.75 Å². The number of ether oxygens (including phenoxy) is 1. The lowest BCUT2D eigenvalue weighted by molar-refractivity contribution is -0.129. The van der Waals surface area contributed by atoms with Crippen LogP contribution in [-0.4, -0.2) is 56.8 Å². The van der Waals surface area contributed by atoms with Crippen LogP contribution in [0.2, 0.25) is 0 Å². The molecule has 7 heteroatoms. The fraction of sp³-hybridized carbons (Fsp3) is 0.462. The molecule has 6 nitrogen and oxygen atoms in total. The molecule has 0 saturated carbocycles. The van der Waals surface area contributed by atoms with Crippen molar-refractivity contribution in [2.75, 3.05) is 33.3 Å². The van der Waals surface area contributed by atoms with E-state index in [-0.39, 0.29) is 10.8 Å². The lowest BCUT2D eigenvalue weighted by Gasteiger charge is -2.33. The van der Waals surface area contributed by atoms with Crippen molar-refractivity contribution in [3.05, 3.63) is 24.3 Å². The summed E-state index contributed by atoms with van der Waals surface area (Å²) in [6, 6.07) is 6.31. The molecular weight excluding hydrogens is 280 g/mol. The van der Waals surface area contributed by atoms with Crippen LogP contribution in [0.4, 0.5) is 0 Å². The molecule has 1 aromatic carbocycles. The molecule has 1 amide bonds. The Morgan fingerprint density at radius 1 is 1.10 bits per heavy atom. The van der Waals surface area contributed by atoms with Crippen LogP contribution in [0.1, 0.15) is 6.92 Å². The number of benzene rings is 1. The third kappa shape index (κ3) is 2.94. The number of hydrogen-bond donors (Lipinski definition) is 0. The Balaban J connectivity index is 2.13. The van der Waals surface area contributed by atoms with Crippen molar-refractivity contribution in [1.82, 2.24) is 9.21 Å². The molecule has 1 aliphatic rings. The van der Waals surface area contributed by atoms with Crippen LogP contribution in [0.25, 0.3) is 0 Å². The van der Waals surface area contributed by atoms with Crippen molar-refractivity contribution in [1.29, 1.82) is 0 Å². The molecule has 0 spiro atoms. The molecule has 0 atom stereocenters. The van der Waals surface area contributed by atoms with Crippen LogP contribution in [-0.2, 0) is 14.8 Å². The molecular formula is C13H18N2O4S. The first-order valence-corrected chi connectivity index (χ1v) is 7.79. The summed E-state index contributed by atoms with van der Waals surface area (Å²) in [4.78, 5) is 13.1. The number of nitrogens with zero attached hydrogens (tertiary/aromatic N) is 2. The Bertz CT molecular complexity index is 575. The van der Waals surface area contributed by atoms with Gasteiger partial charge in [-0.2, -0.15) is 4.31 Å². The normalized spacial score (nSPS) is 17.0. The third-order valence-corrected chi connectivity index (χ3v) is 5.29. The predicted octanol–water partition coefficient (Wildman–Crippen LogP) is 0.548. The predicted molar refractivity (Wildman–Crippen MR) is 74.0 cm³/mol. The van der Waals surface area contributed by atoms with E-state index in [0.29, 0.717) is 31.9 Å². The van der Waals surface area contributed by atoms with Crippen LogP contribution in [0.5, 0.6) is 5.75 Å². The molecule has 0 radical (unpaired) electrons. The molecule has 0 aliphatic carbocycles. The van der Waals surface area contributed by atoms with Crippen LogP contribution in [0.15, 0.2) is 29.2 Å². The first-order valence-electron chi connectivity index (χ1n) is 6.35. The Hall–Kier alpha value is -1.60. The van der Waals surface area contributed by atoms with Gasteiger partial charge in [-0.1, -0.05) is 0 Å². The smallest absolute Gasteiger partial charge is 0.243 e. The van der Waals surface area contributed by atoms with E-state index in [1.807, 2.05) is 0 Å². The second-order valence-corrected chi connectivity index (χ2v) is 6.52.